The van der Waals surface area contributed by atoms with E-state index in [0.29, 0.717) is 28.3 Å². The third-order valence-corrected chi connectivity index (χ3v) is 7.73. The number of amides is 1. The summed E-state index contributed by atoms with van der Waals surface area (Å²) >= 11 is 6.91. The van der Waals surface area contributed by atoms with E-state index >= 15 is 0 Å². The average molecular weight is 534 g/mol. The Labute approximate surface area is 227 Å². The zero-order chi connectivity index (χ0) is 25.9. The van der Waals surface area contributed by atoms with E-state index in [0.717, 1.165) is 53.3 Å². The van der Waals surface area contributed by atoms with Crippen LogP contribution in [0.5, 0.6) is 5.75 Å². The minimum atomic E-state index is -0.0717. The number of rotatable bonds is 8. The maximum Gasteiger partial charge on any atom is 0.266 e. The molecule has 0 N–H and O–H groups in total. The van der Waals surface area contributed by atoms with Crippen molar-refractivity contribution in [1.82, 2.24) is 14.7 Å². The number of para-hydroxylation sites is 1. The molecule has 192 valence electrons. The van der Waals surface area contributed by atoms with Crippen LogP contribution >= 0.6 is 24.0 Å². The Kier molecular flexibility index (Phi) is 7.79. The fourth-order valence-corrected chi connectivity index (χ4v) is 5.70. The smallest absolute Gasteiger partial charge is 0.266 e. The Morgan fingerprint density at radius 2 is 2.05 bits per heavy atom. The third kappa shape index (κ3) is 5.81. The van der Waals surface area contributed by atoms with Crippen molar-refractivity contribution in [2.24, 2.45) is 5.92 Å². The van der Waals surface area contributed by atoms with Gasteiger partial charge in [0.2, 0.25) is 0 Å². The number of aromatic nitrogens is 2. The number of carbonyl (C=O) groups excluding carboxylic acids is 1. The molecule has 2 saturated heterocycles. The highest BCUT2D eigenvalue weighted by Crippen LogP contribution is 2.36. The Hall–Kier alpha value is -2.94. The first-order chi connectivity index (χ1) is 17.9. The fourth-order valence-electron chi connectivity index (χ4n) is 4.44. The van der Waals surface area contributed by atoms with Crippen LogP contribution in [0.2, 0.25) is 0 Å². The van der Waals surface area contributed by atoms with Gasteiger partial charge in [0.05, 0.1) is 29.8 Å². The van der Waals surface area contributed by atoms with Gasteiger partial charge in [-0.05, 0) is 67.7 Å². The lowest BCUT2D eigenvalue weighted by molar-refractivity contribution is -0.123. The third-order valence-electron chi connectivity index (χ3n) is 6.35. The number of hydrogen-bond acceptors (Lipinski definition) is 6. The summed E-state index contributed by atoms with van der Waals surface area (Å²) in [4.78, 5) is 15.6. The van der Waals surface area contributed by atoms with Gasteiger partial charge in [-0.1, -0.05) is 56.0 Å². The van der Waals surface area contributed by atoms with Crippen LogP contribution in [0.15, 0.2) is 59.6 Å². The first kappa shape index (κ1) is 25.7. The molecule has 8 heteroatoms. The van der Waals surface area contributed by atoms with Crippen molar-refractivity contribution < 1.29 is 14.3 Å². The normalized spacial score (nSPS) is 19.0. The molecule has 37 heavy (non-hydrogen) atoms. The molecule has 2 aliphatic heterocycles. The van der Waals surface area contributed by atoms with Crippen LogP contribution in [0.4, 0.5) is 0 Å². The summed E-state index contributed by atoms with van der Waals surface area (Å²) in [6, 6.07) is 16.1. The van der Waals surface area contributed by atoms with Crippen LogP contribution < -0.4 is 4.74 Å². The Morgan fingerprint density at radius 1 is 1.24 bits per heavy atom. The molecule has 1 amide bonds. The lowest BCUT2D eigenvalue weighted by Gasteiger charge is -2.18. The van der Waals surface area contributed by atoms with Crippen LogP contribution in [0.3, 0.4) is 0 Å². The van der Waals surface area contributed by atoms with E-state index in [1.54, 1.807) is 4.90 Å². The van der Waals surface area contributed by atoms with E-state index in [1.165, 1.54) is 11.8 Å². The molecule has 2 aromatic carbocycles. The first-order valence-electron chi connectivity index (χ1n) is 12.6. The number of thioether (sulfide) groups is 1. The lowest BCUT2D eigenvalue weighted by atomic mass is 10.0. The molecule has 6 nitrogen and oxygen atoms in total. The monoisotopic (exact) mass is 533 g/mol. The molecule has 0 spiro atoms. The Bertz CT molecular complexity index is 1330. The standard InChI is InChI=1S/C29H31N3O3S2/c1-19(2)18-35-25-12-11-21(14-20(25)3)27-22(16-32(30-27)23-8-5-4-6-9-23)15-26-28(33)31(29(36)37-26)17-24-10-7-13-34-24/h4-6,8-9,11-12,14-16,19,24H,7,10,13,17-18H2,1-3H3/b26-15-/t24-/m1/s1. The molecule has 1 atom stereocenters. The number of nitrogens with zero attached hydrogens (tertiary/aromatic N) is 3. The second kappa shape index (κ2) is 11.2. The van der Waals surface area contributed by atoms with Crippen molar-refractivity contribution in [3.05, 3.63) is 70.8 Å². The molecule has 1 aromatic heterocycles. The molecule has 0 saturated carbocycles. The number of carbonyl (C=O) groups is 1. The van der Waals surface area contributed by atoms with E-state index in [2.05, 4.69) is 19.9 Å². The van der Waals surface area contributed by atoms with Gasteiger partial charge in [-0.25, -0.2) is 4.68 Å². The minimum Gasteiger partial charge on any atom is -0.493 e. The quantitative estimate of drug-likeness (QED) is 0.252. The van der Waals surface area contributed by atoms with E-state index in [1.807, 2.05) is 66.3 Å². The van der Waals surface area contributed by atoms with E-state index in [4.69, 9.17) is 26.8 Å². The van der Waals surface area contributed by atoms with Gasteiger partial charge in [0.25, 0.3) is 5.91 Å². The van der Waals surface area contributed by atoms with Crippen LogP contribution in [0.1, 0.15) is 37.8 Å². The zero-order valence-electron chi connectivity index (χ0n) is 21.3. The van der Waals surface area contributed by atoms with E-state index < -0.39 is 0 Å². The van der Waals surface area contributed by atoms with Gasteiger partial charge >= 0.3 is 0 Å². The van der Waals surface area contributed by atoms with Crippen LogP contribution in [-0.2, 0) is 9.53 Å². The average Bonchev–Trinajstić information content (AvgIpc) is 3.61. The second-order valence-electron chi connectivity index (χ2n) is 9.83. The number of ether oxygens (including phenoxy) is 2. The van der Waals surface area contributed by atoms with Crippen molar-refractivity contribution in [1.29, 1.82) is 0 Å². The maximum absolute atomic E-state index is 13.3. The summed E-state index contributed by atoms with van der Waals surface area (Å²) in [7, 11) is 0. The van der Waals surface area contributed by atoms with Gasteiger partial charge in [0.1, 0.15) is 15.8 Å². The largest absolute Gasteiger partial charge is 0.493 e. The highest BCUT2D eigenvalue weighted by Gasteiger charge is 2.35. The number of hydrogen-bond donors (Lipinski definition) is 0. The van der Waals surface area contributed by atoms with Gasteiger partial charge in [0.15, 0.2) is 0 Å². The Morgan fingerprint density at radius 3 is 2.76 bits per heavy atom. The molecule has 2 fully saturated rings. The lowest BCUT2D eigenvalue weighted by Crippen LogP contribution is -2.35. The molecule has 3 heterocycles. The molecule has 0 radical (unpaired) electrons. The van der Waals surface area contributed by atoms with Gasteiger partial charge in [-0.3, -0.25) is 9.69 Å². The highest BCUT2D eigenvalue weighted by molar-refractivity contribution is 8.26. The molecule has 0 aliphatic carbocycles. The minimum absolute atomic E-state index is 0.0534. The summed E-state index contributed by atoms with van der Waals surface area (Å²) in [6.45, 7) is 8.24. The summed E-state index contributed by atoms with van der Waals surface area (Å²) in [6.07, 6.45) is 5.92. The van der Waals surface area contributed by atoms with Crippen molar-refractivity contribution in [3.63, 3.8) is 0 Å². The molecule has 3 aromatic rings. The maximum atomic E-state index is 13.3. The summed E-state index contributed by atoms with van der Waals surface area (Å²) in [5, 5.41) is 4.93. The van der Waals surface area contributed by atoms with Crippen LogP contribution in [-0.4, -0.2) is 50.8 Å². The SMILES string of the molecule is Cc1cc(-c2nn(-c3ccccc3)cc2/C=C2\SC(=S)N(C[C@H]3CCCO3)C2=O)ccc1OCC(C)C. The van der Waals surface area contributed by atoms with E-state index in [9.17, 15) is 4.79 Å². The number of thiocarbonyl (C=S) groups is 1. The zero-order valence-corrected chi connectivity index (χ0v) is 23.0. The summed E-state index contributed by atoms with van der Waals surface area (Å²) < 4.78 is 14.1. The van der Waals surface area contributed by atoms with E-state index in [-0.39, 0.29) is 12.0 Å². The van der Waals surface area contributed by atoms with Crippen molar-refractivity contribution >= 4 is 40.3 Å². The Balaban J connectivity index is 1.49. The summed E-state index contributed by atoms with van der Waals surface area (Å²) in [5.74, 6) is 1.25. The van der Waals surface area contributed by atoms with Gasteiger partial charge < -0.3 is 9.47 Å². The molecule has 5 rings (SSSR count). The summed E-state index contributed by atoms with van der Waals surface area (Å²) in [5.41, 5.74) is 4.61. The first-order valence-corrected chi connectivity index (χ1v) is 13.9. The van der Waals surface area contributed by atoms with Crippen LogP contribution in [0, 0.1) is 12.8 Å². The topological polar surface area (TPSA) is 56.6 Å². The fraction of sp³-hybridized carbons (Fsp3) is 0.345. The molecular weight excluding hydrogens is 502 g/mol. The van der Waals surface area contributed by atoms with Crippen molar-refractivity contribution in [2.75, 3.05) is 19.8 Å². The van der Waals surface area contributed by atoms with Crippen LogP contribution in [0.25, 0.3) is 23.0 Å². The highest BCUT2D eigenvalue weighted by atomic mass is 32.2. The van der Waals surface area contributed by atoms with Crippen molar-refractivity contribution in [2.45, 2.75) is 39.7 Å². The van der Waals surface area contributed by atoms with Gasteiger partial charge in [-0.15, -0.1) is 0 Å². The molecule has 2 aliphatic rings. The van der Waals surface area contributed by atoms with Gasteiger partial charge in [-0.2, -0.15) is 5.10 Å². The van der Waals surface area contributed by atoms with Crippen molar-refractivity contribution in [3.8, 4) is 22.7 Å². The molecule has 0 unspecified atom stereocenters. The second-order valence-corrected chi connectivity index (χ2v) is 11.5. The predicted octanol–water partition coefficient (Wildman–Crippen LogP) is 6.26. The number of benzene rings is 2. The number of aryl methyl sites for hydroxylation is 1. The molecular formula is C29H31N3O3S2. The van der Waals surface area contributed by atoms with Gasteiger partial charge in [0, 0.05) is 23.9 Å². The molecule has 0 bridgehead atoms. The predicted molar refractivity (Wildman–Crippen MR) is 153 cm³/mol.